The SMILES string of the molecule is CCOC(=O)C(CCc1ccccc1)N[C@@H](C)C(=O)N1C[C@@H](C2SCCCS2)C[C@H]1C(=O)O. The van der Waals surface area contributed by atoms with Crippen molar-refractivity contribution in [1.82, 2.24) is 10.2 Å². The molecule has 0 saturated carbocycles. The number of ether oxygens (including phenoxy) is 1. The summed E-state index contributed by atoms with van der Waals surface area (Å²) in [5.41, 5.74) is 1.10. The predicted octanol–water partition coefficient (Wildman–Crippen LogP) is 3.03. The number of carboxylic acid groups (broad SMARTS) is 1. The Hall–Kier alpha value is -1.71. The molecule has 9 heteroatoms. The van der Waals surface area contributed by atoms with Crippen molar-refractivity contribution in [2.24, 2.45) is 5.92 Å². The van der Waals surface area contributed by atoms with Gasteiger partial charge in [0, 0.05) is 12.5 Å². The number of benzene rings is 1. The maximum absolute atomic E-state index is 13.3. The van der Waals surface area contributed by atoms with E-state index in [1.54, 1.807) is 13.8 Å². The van der Waals surface area contributed by atoms with Crippen LogP contribution in [0.1, 0.15) is 38.7 Å². The van der Waals surface area contributed by atoms with Crippen LogP contribution in [-0.2, 0) is 25.5 Å². The average molecular weight is 495 g/mol. The molecule has 33 heavy (non-hydrogen) atoms. The molecule has 2 fully saturated rings. The van der Waals surface area contributed by atoms with Crippen LogP contribution >= 0.6 is 23.5 Å². The Morgan fingerprint density at radius 1 is 1.21 bits per heavy atom. The lowest BCUT2D eigenvalue weighted by Gasteiger charge is -2.29. The van der Waals surface area contributed by atoms with Gasteiger partial charge in [-0.1, -0.05) is 30.3 Å². The third-order valence-electron chi connectivity index (χ3n) is 6.10. The Morgan fingerprint density at radius 2 is 1.91 bits per heavy atom. The molecule has 1 aromatic carbocycles. The molecule has 2 N–H and O–H groups in total. The Balaban J connectivity index is 1.65. The minimum Gasteiger partial charge on any atom is -0.480 e. The second kappa shape index (κ2) is 12.7. The quantitative estimate of drug-likeness (QED) is 0.479. The van der Waals surface area contributed by atoms with Crippen LogP contribution < -0.4 is 5.32 Å². The summed E-state index contributed by atoms with van der Waals surface area (Å²) in [6.07, 6.45) is 2.80. The molecule has 0 bridgehead atoms. The highest BCUT2D eigenvalue weighted by Crippen LogP contribution is 2.41. The molecule has 4 atom stereocenters. The van der Waals surface area contributed by atoms with Gasteiger partial charge in [0.05, 0.1) is 17.2 Å². The van der Waals surface area contributed by atoms with E-state index in [0.717, 1.165) is 17.1 Å². The molecule has 2 heterocycles. The summed E-state index contributed by atoms with van der Waals surface area (Å²) in [6.45, 7) is 4.16. The van der Waals surface area contributed by atoms with Gasteiger partial charge < -0.3 is 14.7 Å². The molecular weight excluding hydrogens is 460 g/mol. The summed E-state index contributed by atoms with van der Waals surface area (Å²) in [5.74, 6) is 0.703. The maximum Gasteiger partial charge on any atom is 0.326 e. The molecule has 2 saturated heterocycles. The first-order valence-corrected chi connectivity index (χ1v) is 13.7. The normalized spacial score (nSPS) is 23.2. The number of rotatable bonds is 10. The fourth-order valence-electron chi connectivity index (χ4n) is 4.41. The number of esters is 1. The van der Waals surface area contributed by atoms with Crippen LogP contribution in [0.2, 0.25) is 0 Å². The molecule has 182 valence electrons. The molecular formula is C24H34N2O5S2. The molecule has 2 aliphatic heterocycles. The van der Waals surface area contributed by atoms with E-state index < -0.39 is 30.1 Å². The Morgan fingerprint density at radius 3 is 2.55 bits per heavy atom. The highest BCUT2D eigenvalue weighted by Gasteiger charge is 2.44. The van der Waals surface area contributed by atoms with Crippen LogP contribution in [0, 0.1) is 5.92 Å². The summed E-state index contributed by atoms with van der Waals surface area (Å²) in [4.78, 5) is 39.3. The topological polar surface area (TPSA) is 95.9 Å². The molecule has 0 spiro atoms. The number of hydrogen-bond acceptors (Lipinski definition) is 7. The molecule has 1 unspecified atom stereocenters. The van der Waals surface area contributed by atoms with Crippen molar-refractivity contribution in [2.75, 3.05) is 24.7 Å². The van der Waals surface area contributed by atoms with E-state index in [1.807, 2.05) is 53.9 Å². The van der Waals surface area contributed by atoms with Gasteiger partial charge in [0.25, 0.3) is 0 Å². The van der Waals surface area contributed by atoms with Crippen molar-refractivity contribution >= 4 is 41.4 Å². The number of nitrogens with one attached hydrogen (secondary N) is 1. The number of nitrogens with zero attached hydrogens (tertiary/aromatic N) is 1. The first-order valence-electron chi connectivity index (χ1n) is 11.6. The zero-order valence-electron chi connectivity index (χ0n) is 19.3. The number of aryl methyl sites for hydroxylation is 1. The van der Waals surface area contributed by atoms with Gasteiger partial charge in [-0.2, -0.15) is 0 Å². The van der Waals surface area contributed by atoms with Crippen molar-refractivity contribution in [1.29, 1.82) is 0 Å². The van der Waals surface area contributed by atoms with E-state index in [9.17, 15) is 19.5 Å². The van der Waals surface area contributed by atoms with Gasteiger partial charge >= 0.3 is 11.9 Å². The number of hydrogen-bond donors (Lipinski definition) is 2. The van der Waals surface area contributed by atoms with E-state index in [0.29, 0.717) is 30.4 Å². The molecule has 7 nitrogen and oxygen atoms in total. The van der Waals surface area contributed by atoms with Crippen LogP contribution in [0.5, 0.6) is 0 Å². The van der Waals surface area contributed by atoms with Crippen LogP contribution in [0.3, 0.4) is 0 Å². The van der Waals surface area contributed by atoms with Crippen molar-refractivity contribution in [3.8, 4) is 0 Å². The molecule has 1 amide bonds. The molecule has 0 aliphatic carbocycles. The summed E-state index contributed by atoms with van der Waals surface area (Å²) < 4.78 is 5.56. The lowest BCUT2D eigenvalue weighted by molar-refractivity contribution is -0.150. The summed E-state index contributed by atoms with van der Waals surface area (Å²) >= 11 is 3.75. The molecule has 0 radical (unpaired) electrons. The average Bonchev–Trinajstić information content (AvgIpc) is 3.28. The number of likely N-dealkylation sites (tertiary alicyclic amines) is 1. The highest BCUT2D eigenvalue weighted by molar-refractivity contribution is 8.17. The zero-order valence-corrected chi connectivity index (χ0v) is 20.9. The fraction of sp³-hybridized carbons (Fsp3) is 0.625. The van der Waals surface area contributed by atoms with E-state index in [1.165, 1.54) is 11.3 Å². The molecule has 3 rings (SSSR count). The van der Waals surface area contributed by atoms with E-state index in [-0.39, 0.29) is 18.4 Å². The minimum absolute atomic E-state index is 0.163. The lowest BCUT2D eigenvalue weighted by Crippen LogP contribution is -2.53. The van der Waals surface area contributed by atoms with Crippen LogP contribution in [0.15, 0.2) is 30.3 Å². The van der Waals surface area contributed by atoms with Crippen molar-refractivity contribution in [2.45, 2.75) is 62.2 Å². The maximum atomic E-state index is 13.3. The number of aliphatic carboxylic acids is 1. The molecule has 2 aliphatic rings. The summed E-state index contributed by atoms with van der Waals surface area (Å²) in [6, 6.07) is 7.69. The second-order valence-electron chi connectivity index (χ2n) is 8.52. The number of carbonyl (C=O) groups excluding carboxylic acids is 2. The Kier molecular flexibility index (Phi) is 9.94. The first kappa shape index (κ1) is 25.9. The monoisotopic (exact) mass is 494 g/mol. The third-order valence-corrected chi connectivity index (χ3v) is 9.39. The highest BCUT2D eigenvalue weighted by atomic mass is 32.2. The summed E-state index contributed by atoms with van der Waals surface area (Å²) in [5, 5.41) is 12.9. The summed E-state index contributed by atoms with van der Waals surface area (Å²) in [7, 11) is 0. The molecule has 1 aromatic rings. The zero-order chi connectivity index (χ0) is 23.8. The Bertz CT molecular complexity index is 803. The van der Waals surface area contributed by atoms with E-state index >= 15 is 0 Å². The van der Waals surface area contributed by atoms with Gasteiger partial charge in [-0.3, -0.25) is 14.9 Å². The standard InChI is InChI=1S/C24H34N2O5S2/c1-3-31-23(30)19(11-10-17-8-5-4-6-9-17)25-16(2)21(27)26-15-18(14-20(26)22(28)29)24-32-12-7-13-33-24/h4-6,8-9,16,18-20,24-25H,3,7,10-15H2,1-2H3,(H,28,29)/t16-,18-,19?,20-/m0/s1. The third kappa shape index (κ3) is 7.13. The Labute approximate surface area is 204 Å². The number of thioether (sulfide) groups is 2. The van der Waals surface area contributed by atoms with Crippen molar-refractivity contribution < 1.29 is 24.2 Å². The van der Waals surface area contributed by atoms with Crippen LogP contribution in [0.4, 0.5) is 0 Å². The fourth-order valence-corrected chi connectivity index (χ4v) is 7.58. The van der Waals surface area contributed by atoms with Gasteiger partial charge in [-0.25, -0.2) is 4.79 Å². The second-order valence-corrected chi connectivity index (χ2v) is 11.3. The minimum atomic E-state index is -0.963. The van der Waals surface area contributed by atoms with Gasteiger partial charge in [0.1, 0.15) is 12.1 Å². The molecule has 0 aromatic heterocycles. The lowest BCUT2D eigenvalue weighted by atomic mass is 10.0. The number of carbonyl (C=O) groups is 3. The van der Waals surface area contributed by atoms with E-state index in [2.05, 4.69) is 5.32 Å². The van der Waals surface area contributed by atoms with Crippen molar-refractivity contribution in [3.63, 3.8) is 0 Å². The largest absolute Gasteiger partial charge is 0.480 e. The number of amides is 1. The van der Waals surface area contributed by atoms with Crippen molar-refractivity contribution in [3.05, 3.63) is 35.9 Å². The van der Waals surface area contributed by atoms with Gasteiger partial charge in [-0.05, 0) is 56.6 Å². The van der Waals surface area contributed by atoms with Gasteiger partial charge in [0.15, 0.2) is 0 Å². The van der Waals surface area contributed by atoms with E-state index in [4.69, 9.17) is 4.74 Å². The number of carboxylic acids is 1. The van der Waals surface area contributed by atoms with Crippen LogP contribution in [0.25, 0.3) is 0 Å². The van der Waals surface area contributed by atoms with Crippen LogP contribution in [-0.4, -0.2) is 75.2 Å². The van der Waals surface area contributed by atoms with Gasteiger partial charge in [-0.15, -0.1) is 23.5 Å². The predicted molar refractivity (Wildman–Crippen MR) is 132 cm³/mol. The smallest absolute Gasteiger partial charge is 0.326 e. The van der Waals surface area contributed by atoms with Gasteiger partial charge in [0.2, 0.25) is 5.91 Å². The first-order chi connectivity index (χ1) is 15.9.